The summed E-state index contributed by atoms with van der Waals surface area (Å²) in [6.45, 7) is 5.74. The number of ether oxygens (including phenoxy) is 2. The molecule has 2 heterocycles. The van der Waals surface area contributed by atoms with E-state index in [2.05, 4.69) is 6.92 Å². The van der Waals surface area contributed by atoms with E-state index in [0.717, 1.165) is 43.2 Å². The fourth-order valence-electron chi connectivity index (χ4n) is 4.67. The summed E-state index contributed by atoms with van der Waals surface area (Å²) in [7, 11) is 0. The molecule has 6 nitrogen and oxygen atoms in total. The summed E-state index contributed by atoms with van der Waals surface area (Å²) < 4.78 is 11.5. The van der Waals surface area contributed by atoms with E-state index in [1.54, 1.807) is 29.2 Å². The molecule has 2 atom stereocenters. The van der Waals surface area contributed by atoms with Crippen LogP contribution in [0.15, 0.2) is 54.1 Å². The summed E-state index contributed by atoms with van der Waals surface area (Å²) in [4.78, 5) is 27.8. The minimum absolute atomic E-state index is 0.102. The predicted molar refractivity (Wildman–Crippen MR) is 131 cm³/mol. The first-order valence-corrected chi connectivity index (χ1v) is 12.2. The molecule has 2 aliphatic heterocycles. The quantitative estimate of drug-likeness (QED) is 0.240. The van der Waals surface area contributed by atoms with Gasteiger partial charge in [-0.25, -0.2) is 0 Å². The van der Waals surface area contributed by atoms with E-state index in [1.807, 2.05) is 31.2 Å². The third-order valence-electron chi connectivity index (χ3n) is 6.47. The van der Waals surface area contributed by atoms with Crippen molar-refractivity contribution in [3.63, 3.8) is 0 Å². The highest BCUT2D eigenvalue weighted by Crippen LogP contribution is 2.40. The minimum Gasteiger partial charge on any atom is -0.507 e. The van der Waals surface area contributed by atoms with Crippen molar-refractivity contribution in [2.75, 3.05) is 19.8 Å². The molecule has 2 aromatic rings. The fourth-order valence-corrected chi connectivity index (χ4v) is 4.67. The predicted octanol–water partition coefficient (Wildman–Crippen LogP) is 5.16. The van der Waals surface area contributed by atoms with Crippen LogP contribution >= 0.6 is 0 Å². The molecule has 0 bridgehead atoms. The number of carbonyl (C=O) groups is 2. The molecule has 0 radical (unpaired) electrons. The third-order valence-corrected chi connectivity index (χ3v) is 6.47. The lowest BCUT2D eigenvalue weighted by Gasteiger charge is -2.27. The number of ketones is 1. The summed E-state index contributed by atoms with van der Waals surface area (Å²) in [5.74, 6) is -0.722. The number of nitrogens with zero attached hydrogens (tertiary/aromatic N) is 1. The average molecular weight is 464 g/mol. The number of amides is 1. The fraction of sp³-hybridized carbons (Fsp3) is 0.429. The lowest BCUT2D eigenvalue weighted by atomic mass is 9.94. The van der Waals surface area contributed by atoms with Crippen molar-refractivity contribution in [1.82, 2.24) is 4.90 Å². The molecule has 34 heavy (non-hydrogen) atoms. The first kappa shape index (κ1) is 24.0. The van der Waals surface area contributed by atoms with Crippen molar-refractivity contribution in [2.24, 2.45) is 0 Å². The Morgan fingerprint density at radius 2 is 1.94 bits per heavy atom. The Bertz CT molecular complexity index is 1050. The zero-order chi connectivity index (χ0) is 24.1. The lowest BCUT2D eigenvalue weighted by Crippen LogP contribution is -2.36. The molecule has 6 heteroatoms. The SMILES string of the molecule is CCCCCOc1ccc(/C(O)=C2/C(=O)C(=O)N(CC3CCCO3)C2c2cccc(C)c2)cc1. The number of aryl methyl sites for hydroxylation is 1. The topological polar surface area (TPSA) is 76.1 Å². The zero-order valence-electron chi connectivity index (χ0n) is 20.0. The van der Waals surface area contributed by atoms with Gasteiger partial charge < -0.3 is 19.5 Å². The zero-order valence-corrected chi connectivity index (χ0v) is 20.0. The maximum absolute atomic E-state index is 13.2. The summed E-state index contributed by atoms with van der Waals surface area (Å²) in [6.07, 6.45) is 4.92. The molecule has 2 aliphatic rings. The van der Waals surface area contributed by atoms with Crippen LogP contribution in [0.3, 0.4) is 0 Å². The Labute approximate surface area is 201 Å². The van der Waals surface area contributed by atoms with Crippen LogP contribution in [-0.4, -0.2) is 47.6 Å². The van der Waals surface area contributed by atoms with Crippen molar-refractivity contribution in [3.05, 3.63) is 70.8 Å². The van der Waals surface area contributed by atoms with E-state index >= 15 is 0 Å². The highest BCUT2D eigenvalue weighted by Gasteiger charge is 2.47. The van der Waals surface area contributed by atoms with Gasteiger partial charge in [-0.2, -0.15) is 0 Å². The van der Waals surface area contributed by atoms with E-state index in [-0.39, 0.29) is 17.4 Å². The molecular weight excluding hydrogens is 430 g/mol. The summed E-state index contributed by atoms with van der Waals surface area (Å²) in [6, 6.07) is 14.1. The molecule has 0 aromatic heterocycles. The number of Topliss-reactive ketones (excluding diaryl/α,β-unsaturated/α-hetero) is 1. The molecule has 180 valence electrons. The average Bonchev–Trinajstić information content (AvgIpc) is 3.44. The summed E-state index contributed by atoms with van der Waals surface area (Å²) >= 11 is 0. The second-order valence-electron chi connectivity index (χ2n) is 9.08. The van der Waals surface area contributed by atoms with E-state index in [0.29, 0.717) is 31.1 Å². The molecule has 0 aliphatic carbocycles. The van der Waals surface area contributed by atoms with E-state index < -0.39 is 17.7 Å². The number of unbranched alkanes of at least 4 members (excludes halogenated alkanes) is 2. The van der Waals surface area contributed by atoms with E-state index in [1.165, 1.54) is 0 Å². The summed E-state index contributed by atoms with van der Waals surface area (Å²) in [5.41, 5.74) is 2.42. The molecule has 2 saturated heterocycles. The van der Waals surface area contributed by atoms with Gasteiger partial charge in [0, 0.05) is 18.7 Å². The molecule has 1 amide bonds. The van der Waals surface area contributed by atoms with E-state index in [4.69, 9.17) is 9.47 Å². The number of carbonyl (C=O) groups excluding carboxylic acids is 2. The normalized spacial score (nSPS) is 21.9. The number of rotatable bonds is 9. The van der Waals surface area contributed by atoms with Crippen molar-refractivity contribution < 1.29 is 24.2 Å². The van der Waals surface area contributed by atoms with Crippen molar-refractivity contribution >= 4 is 17.4 Å². The second kappa shape index (κ2) is 10.9. The van der Waals surface area contributed by atoms with Crippen molar-refractivity contribution in [2.45, 2.75) is 58.1 Å². The van der Waals surface area contributed by atoms with Gasteiger partial charge in [0.05, 0.1) is 24.3 Å². The number of benzene rings is 2. The van der Waals surface area contributed by atoms with Crippen LogP contribution in [0.2, 0.25) is 0 Å². The number of likely N-dealkylation sites (tertiary alicyclic amines) is 1. The first-order valence-electron chi connectivity index (χ1n) is 12.2. The van der Waals surface area contributed by atoms with Gasteiger partial charge in [0.15, 0.2) is 0 Å². The van der Waals surface area contributed by atoms with Gasteiger partial charge in [-0.3, -0.25) is 9.59 Å². The van der Waals surface area contributed by atoms with Crippen LogP contribution in [0, 0.1) is 6.92 Å². The van der Waals surface area contributed by atoms with E-state index in [9.17, 15) is 14.7 Å². The van der Waals surface area contributed by atoms with Gasteiger partial charge in [0.1, 0.15) is 11.5 Å². The lowest BCUT2D eigenvalue weighted by molar-refractivity contribution is -0.140. The second-order valence-corrected chi connectivity index (χ2v) is 9.08. The van der Waals surface area contributed by atoms with Crippen molar-refractivity contribution in [3.8, 4) is 5.75 Å². The molecule has 0 spiro atoms. The van der Waals surface area contributed by atoms with Crippen LogP contribution in [0.25, 0.3) is 5.76 Å². The van der Waals surface area contributed by atoms with Crippen LogP contribution in [0.1, 0.15) is 61.8 Å². The molecule has 1 N–H and O–H groups in total. The molecule has 2 fully saturated rings. The largest absolute Gasteiger partial charge is 0.507 e. The molecule has 0 saturated carbocycles. The van der Waals surface area contributed by atoms with Gasteiger partial charge in [0.2, 0.25) is 0 Å². The Balaban J connectivity index is 1.67. The number of hydrogen-bond acceptors (Lipinski definition) is 5. The van der Waals surface area contributed by atoms with Crippen LogP contribution < -0.4 is 4.74 Å². The Morgan fingerprint density at radius 1 is 1.15 bits per heavy atom. The number of aliphatic hydroxyl groups excluding tert-OH is 1. The Hall–Kier alpha value is -3.12. The van der Waals surface area contributed by atoms with Gasteiger partial charge in [-0.05, 0) is 56.0 Å². The number of aliphatic hydroxyl groups is 1. The monoisotopic (exact) mass is 463 g/mol. The highest BCUT2D eigenvalue weighted by atomic mass is 16.5. The molecule has 2 unspecified atom stereocenters. The highest BCUT2D eigenvalue weighted by molar-refractivity contribution is 6.46. The maximum atomic E-state index is 13.2. The Morgan fingerprint density at radius 3 is 2.62 bits per heavy atom. The van der Waals surface area contributed by atoms with Crippen LogP contribution in [0.5, 0.6) is 5.75 Å². The standard InChI is InChI=1S/C28H33NO5/c1-3-4-5-15-33-22-13-11-20(12-14-22)26(30)24-25(21-9-6-8-19(2)17-21)29(28(32)27(24)31)18-23-10-7-16-34-23/h6,8-9,11-14,17,23,25,30H,3-5,7,10,15-16,18H2,1-2H3/b26-24-. The Kier molecular flexibility index (Phi) is 7.68. The van der Waals surface area contributed by atoms with Crippen LogP contribution in [0.4, 0.5) is 0 Å². The summed E-state index contributed by atoms with van der Waals surface area (Å²) in [5, 5.41) is 11.2. The van der Waals surface area contributed by atoms with Crippen molar-refractivity contribution in [1.29, 1.82) is 0 Å². The molecule has 4 rings (SSSR count). The van der Waals surface area contributed by atoms with Gasteiger partial charge in [-0.1, -0.05) is 49.6 Å². The third kappa shape index (κ3) is 5.17. The minimum atomic E-state index is -0.665. The van der Waals surface area contributed by atoms with Gasteiger partial charge in [-0.15, -0.1) is 0 Å². The van der Waals surface area contributed by atoms with Crippen LogP contribution in [-0.2, 0) is 14.3 Å². The first-order chi connectivity index (χ1) is 16.5. The maximum Gasteiger partial charge on any atom is 0.295 e. The van der Waals surface area contributed by atoms with Gasteiger partial charge >= 0.3 is 0 Å². The smallest absolute Gasteiger partial charge is 0.295 e. The number of hydrogen-bond donors (Lipinski definition) is 1. The van der Waals surface area contributed by atoms with Gasteiger partial charge in [0.25, 0.3) is 11.7 Å². The molecule has 2 aromatic carbocycles. The molecular formula is C28H33NO5.